The zero-order valence-electron chi connectivity index (χ0n) is 13.7. The van der Waals surface area contributed by atoms with Crippen molar-refractivity contribution in [2.45, 2.75) is 58.0 Å². The van der Waals surface area contributed by atoms with Gasteiger partial charge in [0.15, 0.2) is 0 Å². The Morgan fingerprint density at radius 3 is 2.87 bits per heavy atom. The normalized spacial score (nSPS) is 25.0. The van der Waals surface area contributed by atoms with Crippen molar-refractivity contribution in [2.24, 2.45) is 0 Å². The summed E-state index contributed by atoms with van der Waals surface area (Å²) in [6.07, 6.45) is 7.15. The fraction of sp³-hybridized carbons (Fsp3) is 0.688. The monoisotopic (exact) mass is 333 g/mol. The van der Waals surface area contributed by atoms with Crippen LogP contribution in [-0.2, 0) is 4.79 Å². The summed E-state index contributed by atoms with van der Waals surface area (Å²) in [5.74, 6) is 0.295. The highest BCUT2D eigenvalue weighted by Crippen LogP contribution is 2.35. The van der Waals surface area contributed by atoms with Gasteiger partial charge in [-0.15, -0.1) is 5.10 Å². The molecule has 7 heteroatoms. The number of aromatic nitrogens is 3. The molecule has 6 nitrogen and oxygen atoms in total. The molecule has 0 saturated carbocycles. The molecule has 2 aliphatic heterocycles. The fourth-order valence-corrected chi connectivity index (χ4v) is 5.06. The van der Waals surface area contributed by atoms with Crippen molar-refractivity contribution in [1.29, 1.82) is 0 Å². The van der Waals surface area contributed by atoms with E-state index in [1.54, 1.807) is 11.3 Å². The minimum absolute atomic E-state index is 0.295. The molecule has 2 saturated heterocycles. The Balaban J connectivity index is 1.60. The third-order valence-corrected chi connectivity index (χ3v) is 6.02. The van der Waals surface area contributed by atoms with Crippen LogP contribution in [0.5, 0.6) is 0 Å². The van der Waals surface area contributed by atoms with E-state index in [0.29, 0.717) is 24.4 Å². The lowest BCUT2D eigenvalue weighted by molar-refractivity contribution is -0.131. The molecule has 0 bridgehead atoms. The topological polar surface area (TPSA) is 53.7 Å². The van der Waals surface area contributed by atoms with E-state index in [1.165, 1.54) is 6.42 Å². The van der Waals surface area contributed by atoms with E-state index < -0.39 is 0 Å². The van der Waals surface area contributed by atoms with Crippen LogP contribution in [0.25, 0.3) is 4.96 Å². The first-order valence-corrected chi connectivity index (χ1v) is 9.38. The molecular weight excluding hydrogens is 310 g/mol. The van der Waals surface area contributed by atoms with Gasteiger partial charge in [-0.3, -0.25) is 4.79 Å². The summed E-state index contributed by atoms with van der Waals surface area (Å²) in [4.78, 5) is 22.2. The maximum Gasteiger partial charge on any atom is 0.222 e. The molecule has 23 heavy (non-hydrogen) atoms. The first-order valence-electron chi connectivity index (χ1n) is 8.56. The molecule has 2 fully saturated rings. The molecule has 0 aliphatic carbocycles. The first kappa shape index (κ1) is 14.9. The smallest absolute Gasteiger partial charge is 0.222 e. The molecule has 124 valence electrons. The van der Waals surface area contributed by atoms with Crippen LogP contribution in [0.2, 0.25) is 0 Å². The van der Waals surface area contributed by atoms with Crippen LogP contribution in [0.15, 0.2) is 6.20 Å². The fourth-order valence-electron chi connectivity index (χ4n) is 4.05. The maximum atomic E-state index is 12.2. The van der Waals surface area contributed by atoms with Crippen LogP contribution in [0.3, 0.4) is 0 Å². The van der Waals surface area contributed by atoms with E-state index in [2.05, 4.69) is 14.8 Å². The molecule has 4 heterocycles. The number of rotatable bonds is 3. The second-order valence-corrected chi connectivity index (χ2v) is 7.48. The third kappa shape index (κ3) is 2.51. The van der Waals surface area contributed by atoms with E-state index in [0.717, 1.165) is 48.1 Å². The van der Waals surface area contributed by atoms with Crippen molar-refractivity contribution in [3.05, 3.63) is 11.9 Å². The Morgan fingerprint density at radius 1 is 1.30 bits per heavy atom. The van der Waals surface area contributed by atoms with Crippen LogP contribution < -0.4 is 4.90 Å². The number of hydrogen-bond donors (Lipinski definition) is 0. The molecule has 0 unspecified atom stereocenters. The summed E-state index contributed by atoms with van der Waals surface area (Å²) >= 11 is 1.66. The van der Waals surface area contributed by atoms with Crippen molar-refractivity contribution in [3.8, 4) is 0 Å². The van der Waals surface area contributed by atoms with Gasteiger partial charge in [0.1, 0.15) is 0 Å². The van der Waals surface area contributed by atoms with Gasteiger partial charge in [-0.05, 0) is 32.6 Å². The number of imidazole rings is 1. The standard InChI is InChI=1S/C16H23N5OS/c1-3-14(22)19-8-4-6-12(19)13-7-5-9-20(13)16-18-21-10-11(2)17-15(21)23-16/h10,12-13H,3-9H2,1-2H3/t12-,13-/m1/s1. The van der Waals surface area contributed by atoms with Crippen LogP contribution in [0.4, 0.5) is 5.13 Å². The average Bonchev–Trinajstić information content (AvgIpc) is 3.26. The number of anilines is 1. The summed E-state index contributed by atoms with van der Waals surface area (Å²) in [6.45, 7) is 5.90. The average molecular weight is 333 g/mol. The van der Waals surface area contributed by atoms with Gasteiger partial charge in [0.05, 0.1) is 24.0 Å². The van der Waals surface area contributed by atoms with E-state index in [1.807, 2.05) is 24.6 Å². The minimum atomic E-state index is 0.295. The Kier molecular flexibility index (Phi) is 3.75. The highest BCUT2D eigenvalue weighted by molar-refractivity contribution is 7.20. The Hall–Kier alpha value is -1.63. The SMILES string of the molecule is CCC(=O)N1CCC[C@@H]1[C@H]1CCCN1c1nn2cc(C)nc2s1. The minimum Gasteiger partial charge on any atom is -0.342 e. The van der Waals surface area contributed by atoms with Gasteiger partial charge >= 0.3 is 0 Å². The summed E-state index contributed by atoms with van der Waals surface area (Å²) in [5, 5.41) is 5.77. The second kappa shape index (κ2) is 5.78. The number of amides is 1. The molecule has 2 aromatic rings. The number of aryl methyl sites for hydroxylation is 1. The summed E-state index contributed by atoms with van der Waals surface area (Å²) in [6, 6.07) is 0.757. The molecule has 2 atom stereocenters. The number of nitrogens with zero attached hydrogens (tertiary/aromatic N) is 5. The van der Waals surface area contributed by atoms with E-state index in [9.17, 15) is 4.79 Å². The van der Waals surface area contributed by atoms with E-state index in [4.69, 9.17) is 5.10 Å². The third-order valence-electron chi connectivity index (χ3n) is 5.06. The molecule has 4 rings (SSSR count). The molecule has 2 aliphatic rings. The molecule has 2 aromatic heterocycles. The molecule has 0 radical (unpaired) electrons. The number of hydrogen-bond acceptors (Lipinski definition) is 5. The van der Waals surface area contributed by atoms with E-state index in [-0.39, 0.29) is 0 Å². The first-order chi connectivity index (χ1) is 11.2. The van der Waals surface area contributed by atoms with Gasteiger partial charge in [0, 0.05) is 19.5 Å². The Bertz CT molecular complexity index is 692. The molecular formula is C16H23N5OS. The van der Waals surface area contributed by atoms with Gasteiger partial charge in [-0.25, -0.2) is 9.50 Å². The largest absolute Gasteiger partial charge is 0.342 e. The predicted octanol–water partition coefficient (Wildman–Crippen LogP) is 2.47. The maximum absolute atomic E-state index is 12.2. The lowest BCUT2D eigenvalue weighted by Gasteiger charge is -2.34. The van der Waals surface area contributed by atoms with Crippen molar-refractivity contribution in [2.75, 3.05) is 18.0 Å². The predicted molar refractivity (Wildman–Crippen MR) is 91.0 cm³/mol. The number of carbonyl (C=O) groups is 1. The van der Waals surface area contributed by atoms with Crippen LogP contribution in [-0.4, -0.2) is 50.6 Å². The van der Waals surface area contributed by atoms with Gasteiger partial charge in [0.25, 0.3) is 0 Å². The van der Waals surface area contributed by atoms with Crippen LogP contribution in [0.1, 0.15) is 44.7 Å². The lowest BCUT2D eigenvalue weighted by Crippen LogP contribution is -2.48. The Labute approximate surface area is 140 Å². The van der Waals surface area contributed by atoms with Crippen molar-refractivity contribution >= 4 is 27.3 Å². The van der Waals surface area contributed by atoms with Crippen LogP contribution >= 0.6 is 11.3 Å². The second-order valence-electron chi connectivity index (χ2n) is 6.55. The highest BCUT2D eigenvalue weighted by Gasteiger charge is 2.40. The summed E-state index contributed by atoms with van der Waals surface area (Å²) in [5.41, 5.74) is 1.00. The van der Waals surface area contributed by atoms with Crippen LogP contribution in [0, 0.1) is 6.92 Å². The van der Waals surface area contributed by atoms with Crippen molar-refractivity contribution in [3.63, 3.8) is 0 Å². The molecule has 1 amide bonds. The summed E-state index contributed by atoms with van der Waals surface area (Å²) in [7, 11) is 0. The van der Waals surface area contributed by atoms with Gasteiger partial charge < -0.3 is 9.80 Å². The molecule has 0 N–H and O–H groups in total. The van der Waals surface area contributed by atoms with Gasteiger partial charge in [-0.2, -0.15) is 0 Å². The van der Waals surface area contributed by atoms with Gasteiger partial charge in [-0.1, -0.05) is 18.3 Å². The lowest BCUT2D eigenvalue weighted by atomic mass is 10.0. The van der Waals surface area contributed by atoms with Gasteiger partial charge in [0.2, 0.25) is 16.0 Å². The number of carbonyl (C=O) groups excluding carboxylic acids is 1. The Morgan fingerprint density at radius 2 is 2.09 bits per heavy atom. The zero-order valence-corrected chi connectivity index (χ0v) is 14.6. The zero-order chi connectivity index (χ0) is 16.0. The van der Waals surface area contributed by atoms with Crippen molar-refractivity contribution < 1.29 is 4.79 Å². The molecule has 0 spiro atoms. The quantitative estimate of drug-likeness (QED) is 0.866. The highest BCUT2D eigenvalue weighted by atomic mass is 32.1. The summed E-state index contributed by atoms with van der Waals surface area (Å²) < 4.78 is 1.88. The molecule has 0 aromatic carbocycles. The van der Waals surface area contributed by atoms with E-state index >= 15 is 0 Å². The van der Waals surface area contributed by atoms with Crippen molar-refractivity contribution in [1.82, 2.24) is 19.5 Å². The number of fused-ring (bicyclic) bond motifs is 1. The number of likely N-dealkylation sites (tertiary alicyclic amines) is 1.